The fraction of sp³-hybridized carbons (Fsp3) is 1.00. The van der Waals surface area contributed by atoms with Gasteiger partial charge in [0.25, 0.3) is 0 Å². The molecule has 2 atom stereocenters. The van der Waals surface area contributed by atoms with Crippen molar-refractivity contribution in [2.75, 3.05) is 13.1 Å². The van der Waals surface area contributed by atoms with Crippen LogP contribution in [0.4, 0.5) is 0 Å². The molecule has 0 radical (unpaired) electrons. The summed E-state index contributed by atoms with van der Waals surface area (Å²) >= 11 is 0. The van der Waals surface area contributed by atoms with Gasteiger partial charge in [0, 0.05) is 19.1 Å². The lowest BCUT2D eigenvalue weighted by molar-refractivity contribution is 0.313. The number of hydrogen-bond donors (Lipinski definition) is 0. The van der Waals surface area contributed by atoms with Crippen LogP contribution in [0.2, 0.25) is 0 Å². The van der Waals surface area contributed by atoms with E-state index in [1.807, 2.05) is 0 Å². The standard InChI is InChI=1S/C9H17N/c1-7-3-9-4-8(2)6-10(9)5-7/h7-9H,3-6H2,1-2H3/t7-,8-/m1/s1. The molecule has 0 spiro atoms. The van der Waals surface area contributed by atoms with Crippen LogP contribution in [-0.4, -0.2) is 24.0 Å². The Kier molecular flexibility index (Phi) is 1.48. The third-order valence-electron chi connectivity index (χ3n) is 2.96. The molecule has 2 aliphatic rings. The van der Waals surface area contributed by atoms with Crippen LogP contribution < -0.4 is 0 Å². The fourth-order valence-electron chi connectivity index (χ4n) is 2.65. The minimum absolute atomic E-state index is 0.963. The SMILES string of the molecule is C[C@@H]1CC2C[C@@H](C)CN2C1. The lowest BCUT2D eigenvalue weighted by atomic mass is 10.0. The predicted octanol–water partition coefficient (Wildman–Crippen LogP) is 1.74. The highest BCUT2D eigenvalue weighted by Crippen LogP contribution is 2.33. The first-order chi connectivity index (χ1) is 4.75. The summed E-state index contributed by atoms with van der Waals surface area (Å²) in [4.78, 5) is 2.68. The van der Waals surface area contributed by atoms with Crippen LogP contribution in [0.25, 0.3) is 0 Å². The number of nitrogens with zero attached hydrogens (tertiary/aromatic N) is 1. The van der Waals surface area contributed by atoms with Crippen LogP contribution in [0.1, 0.15) is 26.7 Å². The summed E-state index contributed by atoms with van der Waals surface area (Å²) in [5.41, 5.74) is 0. The summed E-state index contributed by atoms with van der Waals surface area (Å²) in [6.07, 6.45) is 2.93. The van der Waals surface area contributed by atoms with Gasteiger partial charge in [-0.05, 0) is 24.7 Å². The summed E-state index contributed by atoms with van der Waals surface area (Å²) in [6.45, 7) is 7.50. The van der Waals surface area contributed by atoms with Crippen molar-refractivity contribution in [2.45, 2.75) is 32.7 Å². The Hall–Kier alpha value is -0.0400. The van der Waals surface area contributed by atoms with Crippen LogP contribution in [-0.2, 0) is 0 Å². The second kappa shape index (κ2) is 2.23. The predicted molar refractivity (Wildman–Crippen MR) is 42.9 cm³/mol. The Morgan fingerprint density at radius 3 is 1.90 bits per heavy atom. The molecule has 0 aromatic heterocycles. The Bertz CT molecular complexity index is 105. The van der Waals surface area contributed by atoms with Gasteiger partial charge in [0.1, 0.15) is 0 Å². The van der Waals surface area contributed by atoms with Gasteiger partial charge in [-0.2, -0.15) is 0 Å². The molecule has 10 heavy (non-hydrogen) atoms. The Morgan fingerprint density at radius 1 is 1.00 bits per heavy atom. The molecule has 0 saturated carbocycles. The van der Waals surface area contributed by atoms with E-state index in [-0.39, 0.29) is 0 Å². The molecule has 2 rings (SSSR count). The van der Waals surface area contributed by atoms with Crippen LogP contribution in [0.5, 0.6) is 0 Å². The average molecular weight is 139 g/mol. The van der Waals surface area contributed by atoms with Gasteiger partial charge in [0.2, 0.25) is 0 Å². The molecular weight excluding hydrogens is 122 g/mol. The maximum atomic E-state index is 2.68. The lowest BCUT2D eigenvalue weighted by Gasteiger charge is -2.12. The fourth-order valence-corrected chi connectivity index (χ4v) is 2.65. The zero-order chi connectivity index (χ0) is 7.14. The van der Waals surface area contributed by atoms with Crippen molar-refractivity contribution < 1.29 is 0 Å². The van der Waals surface area contributed by atoms with Gasteiger partial charge >= 0.3 is 0 Å². The monoisotopic (exact) mass is 139 g/mol. The molecule has 1 heteroatoms. The van der Waals surface area contributed by atoms with Crippen molar-refractivity contribution in [1.29, 1.82) is 0 Å². The number of rotatable bonds is 0. The molecule has 2 saturated heterocycles. The van der Waals surface area contributed by atoms with Crippen molar-refractivity contribution in [2.24, 2.45) is 11.8 Å². The van der Waals surface area contributed by atoms with Gasteiger partial charge in [0.05, 0.1) is 0 Å². The third kappa shape index (κ3) is 0.968. The zero-order valence-corrected chi connectivity index (χ0v) is 7.01. The van der Waals surface area contributed by atoms with Gasteiger partial charge in [-0.15, -0.1) is 0 Å². The molecular formula is C9H17N. The quantitative estimate of drug-likeness (QED) is 0.494. The van der Waals surface area contributed by atoms with Gasteiger partial charge in [0.15, 0.2) is 0 Å². The van der Waals surface area contributed by atoms with Crippen molar-refractivity contribution in [3.8, 4) is 0 Å². The minimum Gasteiger partial charge on any atom is -0.300 e. The van der Waals surface area contributed by atoms with E-state index < -0.39 is 0 Å². The molecule has 2 heterocycles. The molecule has 0 aliphatic carbocycles. The van der Waals surface area contributed by atoms with Crippen molar-refractivity contribution in [3.63, 3.8) is 0 Å². The van der Waals surface area contributed by atoms with E-state index in [1.54, 1.807) is 0 Å². The van der Waals surface area contributed by atoms with Gasteiger partial charge in [-0.25, -0.2) is 0 Å². The molecule has 0 amide bonds. The van der Waals surface area contributed by atoms with E-state index in [2.05, 4.69) is 18.7 Å². The van der Waals surface area contributed by atoms with E-state index in [4.69, 9.17) is 0 Å². The molecule has 0 bridgehead atoms. The van der Waals surface area contributed by atoms with E-state index >= 15 is 0 Å². The lowest BCUT2D eigenvalue weighted by Crippen LogP contribution is -2.22. The molecule has 0 aromatic carbocycles. The average Bonchev–Trinajstić information content (AvgIpc) is 2.21. The Balaban J connectivity index is 2.00. The van der Waals surface area contributed by atoms with Gasteiger partial charge in [-0.3, -0.25) is 4.90 Å². The first kappa shape index (κ1) is 6.66. The highest BCUT2D eigenvalue weighted by molar-refractivity contribution is 4.90. The molecule has 1 nitrogen and oxygen atoms in total. The maximum Gasteiger partial charge on any atom is 0.0101 e. The van der Waals surface area contributed by atoms with Crippen molar-refractivity contribution in [3.05, 3.63) is 0 Å². The van der Waals surface area contributed by atoms with Crippen molar-refractivity contribution >= 4 is 0 Å². The third-order valence-corrected chi connectivity index (χ3v) is 2.96. The van der Waals surface area contributed by atoms with E-state index in [1.165, 1.54) is 25.9 Å². The highest BCUT2D eigenvalue weighted by Gasteiger charge is 2.35. The molecule has 0 N–H and O–H groups in total. The highest BCUT2D eigenvalue weighted by atomic mass is 15.2. The molecule has 2 fully saturated rings. The number of hydrogen-bond acceptors (Lipinski definition) is 1. The van der Waals surface area contributed by atoms with Crippen LogP contribution in [0.15, 0.2) is 0 Å². The Labute approximate surface area is 63.4 Å². The van der Waals surface area contributed by atoms with Crippen LogP contribution in [0.3, 0.4) is 0 Å². The molecule has 0 unspecified atom stereocenters. The summed E-state index contributed by atoms with van der Waals surface area (Å²) in [7, 11) is 0. The van der Waals surface area contributed by atoms with E-state index in [9.17, 15) is 0 Å². The largest absolute Gasteiger partial charge is 0.300 e. The van der Waals surface area contributed by atoms with Crippen LogP contribution in [0, 0.1) is 11.8 Å². The summed E-state index contributed by atoms with van der Waals surface area (Å²) in [5, 5.41) is 0. The summed E-state index contributed by atoms with van der Waals surface area (Å²) in [6, 6.07) is 0.963. The number of fused-ring (bicyclic) bond motifs is 1. The van der Waals surface area contributed by atoms with E-state index in [0.717, 1.165) is 17.9 Å². The van der Waals surface area contributed by atoms with Crippen molar-refractivity contribution in [1.82, 2.24) is 4.90 Å². The first-order valence-corrected chi connectivity index (χ1v) is 4.49. The second-order valence-corrected chi connectivity index (χ2v) is 4.29. The molecule has 58 valence electrons. The van der Waals surface area contributed by atoms with Gasteiger partial charge < -0.3 is 0 Å². The summed E-state index contributed by atoms with van der Waals surface area (Å²) < 4.78 is 0. The second-order valence-electron chi connectivity index (χ2n) is 4.29. The minimum atomic E-state index is 0.963. The zero-order valence-electron chi connectivity index (χ0n) is 7.01. The smallest absolute Gasteiger partial charge is 0.0101 e. The van der Waals surface area contributed by atoms with Gasteiger partial charge in [-0.1, -0.05) is 13.8 Å². The topological polar surface area (TPSA) is 3.24 Å². The molecule has 0 aromatic rings. The summed E-state index contributed by atoms with van der Waals surface area (Å²) in [5.74, 6) is 1.94. The van der Waals surface area contributed by atoms with Crippen LogP contribution >= 0.6 is 0 Å². The Morgan fingerprint density at radius 2 is 1.50 bits per heavy atom. The normalized spacial score (nSPS) is 42.6. The maximum absolute atomic E-state index is 2.68. The molecule has 2 aliphatic heterocycles. The first-order valence-electron chi connectivity index (χ1n) is 4.49. The van der Waals surface area contributed by atoms with E-state index in [0.29, 0.717) is 0 Å².